The Bertz CT molecular complexity index is 465. The van der Waals surface area contributed by atoms with Crippen LogP contribution in [0.15, 0.2) is 36.7 Å². The summed E-state index contributed by atoms with van der Waals surface area (Å²) in [5.41, 5.74) is 7.55. The minimum atomic E-state index is 0.634. The molecule has 2 N–H and O–H groups in total. The van der Waals surface area contributed by atoms with E-state index < -0.39 is 0 Å². The zero-order chi connectivity index (χ0) is 11.4. The van der Waals surface area contributed by atoms with Gasteiger partial charge in [0.25, 0.3) is 0 Å². The molecule has 4 heteroatoms. The van der Waals surface area contributed by atoms with Crippen molar-refractivity contribution in [2.24, 2.45) is 7.05 Å². The van der Waals surface area contributed by atoms with Gasteiger partial charge in [-0.15, -0.1) is 0 Å². The maximum absolute atomic E-state index is 5.65. The lowest BCUT2D eigenvalue weighted by Crippen LogP contribution is -2.01. The summed E-state index contributed by atoms with van der Waals surface area (Å²) in [6, 6.07) is 7.45. The molecule has 0 aliphatic heterocycles. The average molecular weight is 217 g/mol. The minimum Gasteiger partial charge on any atom is -0.493 e. The zero-order valence-electron chi connectivity index (χ0n) is 9.26. The van der Waals surface area contributed by atoms with Crippen LogP contribution in [-0.2, 0) is 13.5 Å². The third kappa shape index (κ3) is 2.76. The van der Waals surface area contributed by atoms with Gasteiger partial charge in [-0.1, -0.05) is 6.07 Å². The fourth-order valence-corrected chi connectivity index (χ4v) is 1.49. The van der Waals surface area contributed by atoms with E-state index in [1.54, 1.807) is 4.68 Å². The van der Waals surface area contributed by atoms with Crippen LogP contribution < -0.4 is 10.5 Å². The molecule has 16 heavy (non-hydrogen) atoms. The Balaban J connectivity index is 1.84. The van der Waals surface area contributed by atoms with Crippen LogP contribution in [0.4, 0.5) is 5.69 Å². The van der Waals surface area contributed by atoms with Gasteiger partial charge in [0.15, 0.2) is 0 Å². The number of hydrogen-bond acceptors (Lipinski definition) is 3. The first-order valence-electron chi connectivity index (χ1n) is 5.20. The van der Waals surface area contributed by atoms with Gasteiger partial charge >= 0.3 is 0 Å². The highest BCUT2D eigenvalue weighted by Gasteiger charge is 1.98. The van der Waals surface area contributed by atoms with E-state index in [1.165, 1.54) is 5.56 Å². The third-order valence-electron chi connectivity index (χ3n) is 2.28. The van der Waals surface area contributed by atoms with Crippen molar-refractivity contribution >= 4 is 5.69 Å². The molecule has 84 valence electrons. The SMILES string of the molecule is Cn1cc(CCOc2cccc(N)c2)cn1. The molecule has 0 aliphatic carbocycles. The second-order valence-corrected chi connectivity index (χ2v) is 3.69. The van der Waals surface area contributed by atoms with Crippen LogP contribution in [0.5, 0.6) is 5.75 Å². The summed E-state index contributed by atoms with van der Waals surface area (Å²) in [6.07, 6.45) is 4.69. The van der Waals surface area contributed by atoms with Gasteiger partial charge in [0.05, 0.1) is 12.8 Å². The molecule has 0 fully saturated rings. The molecule has 0 bridgehead atoms. The van der Waals surface area contributed by atoms with E-state index >= 15 is 0 Å². The van der Waals surface area contributed by atoms with Crippen LogP contribution in [0.25, 0.3) is 0 Å². The van der Waals surface area contributed by atoms with Crippen LogP contribution in [-0.4, -0.2) is 16.4 Å². The summed E-state index contributed by atoms with van der Waals surface area (Å²) in [6.45, 7) is 0.634. The molecule has 0 aliphatic rings. The van der Waals surface area contributed by atoms with E-state index in [2.05, 4.69) is 5.10 Å². The van der Waals surface area contributed by atoms with E-state index in [0.29, 0.717) is 6.61 Å². The van der Waals surface area contributed by atoms with Crippen molar-refractivity contribution < 1.29 is 4.74 Å². The van der Waals surface area contributed by atoms with Gasteiger partial charge < -0.3 is 10.5 Å². The lowest BCUT2D eigenvalue weighted by atomic mass is 10.3. The molecule has 0 spiro atoms. The first-order valence-corrected chi connectivity index (χ1v) is 5.20. The van der Waals surface area contributed by atoms with Gasteiger partial charge in [-0.25, -0.2) is 0 Å². The van der Waals surface area contributed by atoms with E-state index in [1.807, 2.05) is 43.7 Å². The first kappa shape index (κ1) is 10.5. The maximum atomic E-state index is 5.65. The lowest BCUT2D eigenvalue weighted by Gasteiger charge is -2.05. The van der Waals surface area contributed by atoms with E-state index in [0.717, 1.165) is 17.9 Å². The first-order chi connectivity index (χ1) is 7.74. The van der Waals surface area contributed by atoms with Crippen molar-refractivity contribution in [3.8, 4) is 5.75 Å². The number of nitrogens with zero attached hydrogens (tertiary/aromatic N) is 2. The van der Waals surface area contributed by atoms with E-state index in [9.17, 15) is 0 Å². The largest absolute Gasteiger partial charge is 0.493 e. The number of aromatic nitrogens is 2. The highest BCUT2D eigenvalue weighted by atomic mass is 16.5. The number of rotatable bonds is 4. The highest BCUT2D eigenvalue weighted by molar-refractivity contribution is 5.43. The molecule has 2 rings (SSSR count). The Hall–Kier alpha value is -1.97. The summed E-state index contributed by atoms with van der Waals surface area (Å²) in [5, 5.41) is 4.10. The third-order valence-corrected chi connectivity index (χ3v) is 2.28. The molecule has 0 radical (unpaired) electrons. The van der Waals surface area contributed by atoms with Gasteiger partial charge in [0.2, 0.25) is 0 Å². The fourth-order valence-electron chi connectivity index (χ4n) is 1.49. The smallest absolute Gasteiger partial charge is 0.121 e. The highest BCUT2D eigenvalue weighted by Crippen LogP contribution is 2.14. The van der Waals surface area contributed by atoms with Crippen LogP contribution >= 0.6 is 0 Å². The molecule has 0 saturated carbocycles. The lowest BCUT2D eigenvalue weighted by molar-refractivity contribution is 0.322. The second-order valence-electron chi connectivity index (χ2n) is 3.69. The Kier molecular flexibility index (Phi) is 3.10. The van der Waals surface area contributed by atoms with Crippen LogP contribution in [0.3, 0.4) is 0 Å². The van der Waals surface area contributed by atoms with Crippen molar-refractivity contribution in [1.29, 1.82) is 0 Å². The van der Waals surface area contributed by atoms with Gasteiger partial charge in [-0.05, 0) is 17.7 Å². The zero-order valence-corrected chi connectivity index (χ0v) is 9.26. The standard InChI is InChI=1S/C12H15N3O/c1-15-9-10(8-14-15)5-6-16-12-4-2-3-11(13)7-12/h2-4,7-9H,5-6,13H2,1H3. The Labute approximate surface area is 94.6 Å². The summed E-state index contributed by atoms with van der Waals surface area (Å²) in [4.78, 5) is 0. The van der Waals surface area contributed by atoms with Gasteiger partial charge in [-0.2, -0.15) is 5.10 Å². The molecule has 0 saturated heterocycles. The number of benzene rings is 1. The van der Waals surface area contributed by atoms with E-state index in [4.69, 9.17) is 10.5 Å². The molecule has 0 unspecified atom stereocenters. The number of nitrogen functional groups attached to an aromatic ring is 1. The average Bonchev–Trinajstić information content (AvgIpc) is 2.64. The maximum Gasteiger partial charge on any atom is 0.121 e. The van der Waals surface area contributed by atoms with Crippen molar-refractivity contribution in [3.05, 3.63) is 42.2 Å². The summed E-state index contributed by atoms with van der Waals surface area (Å²) >= 11 is 0. The Morgan fingerprint density at radius 2 is 2.31 bits per heavy atom. The molecule has 2 aromatic rings. The molecule has 0 atom stereocenters. The van der Waals surface area contributed by atoms with E-state index in [-0.39, 0.29) is 0 Å². The van der Waals surface area contributed by atoms with Crippen molar-refractivity contribution in [2.45, 2.75) is 6.42 Å². The van der Waals surface area contributed by atoms with Crippen molar-refractivity contribution in [1.82, 2.24) is 9.78 Å². The number of anilines is 1. The summed E-state index contributed by atoms with van der Waals surface area (Å²) in [7, 11) is 1.91. The molecule has 0 amide bonds. The predicted octanol–water partition coefficient (Wildman–Crippen LogP) is 1.62. The van der Waals surface area contributed by atoms with Crippen molar-refractivity contribution in [2.75, 3.05) is 12.3 Å². The van der Waals surface area contributed by atoms with Gasteiger partial charge in [-0.3, -0.25) is 4.68 Å². The van der Waals surface area contributed by atoms with Crippen molar-refractivity contribution in [3.63, 3.8) is 0 Å². The number of aryl methyl sites for hydroxylation is 1. The number of hydrogen-bond donors (Lipinski definition) is 1. The quantitative estimate of drug-likeness (QED) is 0.792. The Morgan fingerprint density at radius 1 is 1.44 bits per heavy atom. The molecule has 1 aromatic heterocycles. The van der Waals surface area contributed by atoms with Crippen LogP contribution in [0, 0.1) is 0 Å². The summed E-state index contributed by atoms with van der Waals surface area (Å²) in [5.74, 6) is 0.809. The van der Waals surface area contributed by atoms with Crippen LogP contribution in [0.2, 0.25) is 0 Å². The van der Waals surface area contributed by atoms with Gasteiger partial charge in [0.1, 0.15) is 5.75 Å². The Morgan fingerprint density at radius 3 is 3.00 bits per heavy atom. The topological polar surface area (TPSA) is 53.1 Å². The fraction of sp³-hybridized carbons (Fsp3) is 0.250. The molecule has 1 heterocycles. The second kappa shape index (κ2) is 4.70. The number of ether oxygens (including phenoxy) is 1. The minimum absolute atomic E-state index is 0.634. The number of nitrogens with two attached hydrogens (primary N) is 1. The summed E-state index contributed by atoms with van der Waals surface area (Å²) < 4.78 is 7.37. The van der Waals surface area contributed by atoms with Gasteiger partial charge in [0, 0.05) is 31.4 Å². The van der Waals surface area contributed by atoms with Crippen LogP contribution in [0.1, 0.15) is 5.56 Å². The monoisotopic (exact) mass is 217 g/mol. The molecule has 4 nitrogen and oxygen atoms in total. The molecular weight excluding hydrogens is 202 g/mol. The normalized spacial score (nSPS) is 10.3. The molecule has 1 aromatic carbocycles. The molecular formula is C12H15N3O. The predicted molar refractivity (Wildman–Crippen MR) is 63.3 cm³/mol.